The fourth-order valence-electron chi connectivity index (χ4n) is 4.06. The highest BCUT2D eigenvalue weighted by Crippen LogP contribution is 2.40. The molecule has 2 atom stereocenters. The van der Waals surface area contributed by atoms with Crippen molar-refractivity contribution in [1.29, 1.82) is 0 Å². The van der Waals surface area contributed by atoms with E-state index in [0.29, 0.717) is 12.2 Å². The summed E-state index contributed by atoms with van der Waals surface area (Å²) in [6.45, 7) is 12.8. The Balaban J connectivity index is 1.90. The molecule has 2 saturated heterocycles. The molecule has 0 aromatic carbocycles. The van der Waals surface area contributed by atoms with Gasteiger partial charge in [-0.1, -0.05) is 13.8 Å². The first kappa shape index (κ1) is 19.2. The number of hydrogen-bond acceptors (Lipinski definition) is 4. The van der Waals surface area contributed by atoms with Gasteiger partial charge in [-0.25, -0.2) is 4.79 Å². The van der Waals surface area contributed by atoms with Crippen molar-refractivity contribution in [2.75, 3.05) is 19.6 Å². The summed E-state index contributed by atoms with van der Waals surface area (Å²) in [5.41, 5.74) is -0.465. The molecule has 0 spiro atoms. The van der Waals surface area contributed by atoms with Gasteiger partial charge in [-0.05, 0) is 59.5 Å². The zero-order chi connectivity index (χ0) is 17.9. The standard InChI is InChI=1S/C19H34N2O3/c1-6-20(7-2)11-10-17(22)14-12-15-8-9-16(13-14)21(15)18(23)24-19(3,4)5/h14-16H,6-13H2,1-5H3. The number of ether oxygens (including phenoxy) is 1. The molecule has 0 N–H and O–H groups in total. The van der Waals surface area contributed by atoms with Crippen LogP contribution in [0, 0.1) is 5.92 Å². The summed E-state index contributed by atoms with van der Waals surface area (Å²) >= 11 is 0. The molecule has 0 aliphatic carbocycles. The van der Waals surface area contributed by atoms with Crippen molar-refractivity contribution in [2.45, 2.75) is 84.4 Å². The van der Waals surface area contributed by atoms with E-state index in [-0.39, 0.29) is 24.1 Å². The molecule has 0 saturated carbocycles. The Bertz CT molecular complexity index is 440. The van der Waals surface area contributed by atoms with Crippen LogP contribution in [0.4, 0.5) is 4.79 Å². The Morgan fingerprint density at radius 1 is 1.08 bits per heavy atom. The molecule has 2 unspecified atom stereocenters. The second-order valence-corrected chi connectivity index (χ2v) is 8.18. The van der Waals surface area contributed by atoms with E-state index in [1.807, 2.05) is 25.7 Å². The molecule has 1 amide bonds. The van der Waals surface area contributed by atoms with Crippen LogP contribution in [-0.2, 0) is 9.53 Å². The van der Waals surface area contributed by atoms with E-state index in [2.05, 4.69) is 18.7 Å². The summed E-state index contributed by atoms with van der Waals surface area (Å²) in [6.07, 6.45) is 4.06. The van der Waals surface area contributed by atoms with Gasteiger partial charge in [0.1, 0.15) is 11.4 Å². The summed E-state index contributed by atoms with van der Waals surface area (Å²) < 4.78 is 5.56. The van der Waals surface area contributed by atoms with Gasteiger partial charge < -0.3 is 14.5 Å². The monoisotopic (exact) mass is 338 g/mol. The van der Waals surface area contributed by atoms with Crippen molar-refractivity contribution in [3.63, 3.8) is 0 Å². The maximum Gasteiger partial charge on any atom is 0.410 e. The molecule has 0 aromatic rings. The van der Waals surface area contributed by atoms with Crippen LogP contribution in [0.15, 0.2) is 0 Å². The average molecular weight is 338 g/mol. The largest absolute Gasteiger partial charge is 0.444 e. The Morgan fingerprint density at radius 3 is 2.08 bits per heavy atom. The number of piperidine rings is 1. The zero-order valence-corrected chi connectivity index (χ0v) is 16.0. The highest BCUT2D eigenvalue weighted by atomic mass is 16.6. The lowest BCUT2D eigenvalue weighted by Crippen LogP contribution is -2.49. The van der Waals surface area contributed by atoms with Crippen molar-refractivity contribution in [1.82, 2.24) is 9.80 Å². The van der Waals surface area contributed by atoms with Crippen molar-refractivity contribution in [3.8, 4) is 0 Å². The van der Waals surface area contributed by atoms with Gasteiger partial charge in [-0.15, -0.1) is 0 Å². The second kappa shape index (κ2) is 7.85. The topological polar surface area (TPSA) is 49.9 Å². The lowest BCUT2D eigenvalue weighted by Gasteiger charge is -2.39. The van der Waals surface area contributed by atoms with Crippen LogP contribution in [-0.4, -0.2) is 59.0 Å². The summed E-state index contributed by atoms with van der Waals surface area (Å²) in [5.74, 6) is 0.499. The molecule has 0 aromatic heterocycles. The molecule has 2 aliphatic heterocycles. The van der Waals surface area contributed by atoms with Gasteiger partial charge >= 0.3 is 6.09 Å². The molecule has 5 heteroatoms. The van der Waals surface area contributed by atoms with E-state index in [0.717, 1.165) is 45.3 Å². The molecule has 0 radical (unpaired) electrons. The Hall–Kier alpha value is -1.10. The van der Waals surface area contributed by atoms with Crippen LogP contribution >= 0.6 is 0 Å². The summed E-state index contributed by atoms with van der Waals surface area (Å²) in [4.78, 5) is 29.3. The number of hydrogen-bond donors (Lipinski definition) is 0. The maximum absolute atomic E-state index is 12.6. The van der Waals surface area contributed by atoms with Gasteiger partial charge in [0.2, 0.25) is 0 Å². The molecule has 5 nitrogen and oxygen atoms in total. The zero-order valence-electron chi connectivity index (χ0n) is 16.0. The van der Waals surface area contributed by atoms with E-state index >= 15 is 0 Å². The summed E-state index contributed by atoms with van der Waals surface area (Å²) in [6, 6.07) is 0.363. The Labute approximate surface area is 146 Å². The van der Waals surface area contributed by atoms with Gasteiger partial charge in [-0.3, -0.25) is 4.79 Å². The number of carbonyl (C=O) groups is 2. The van der Waals surface area contributed by atoms with Crippen LogP contribution in [0.25, 0.3) is 0 Å². The molecular formula is C19H34N2O3. The number of nitrogens with zero attached hydrogens (tertiary/aromatic N) is 2. The molecule has 2 fully saturated rings. The fraction of sp³-hybridized carbons (Fsp3) is 0.895. The molecule has 24 heavy (non-hydrogen) atoms. The van der Waals surface area contributed by atoms with Crippen molar-refractivity contribution >= 4 is 11.9 Å². The molecular weight excluding hydrogens is 304 g/mol. The van der Waals surface area contributed by atoms with Gasteiger partial charge in [0.05, 0.1) is 0 Å². The van der Waals surface area contributed by atoms with E-state index in [1.54, 1.807) is 0 Å². The Kier molecular flexibility index (Phi) is 6.29. The third-order valence-electron chi connectivity index (χ3n) is 5.36. The predicted octanol–water partition coefficient (Wildman–Crippen LogP) is 3.47. The first-order valence-electron chi connectivity index (χ1n) is 9.51. The number of amides is 1. The smallest absolute Gasteiger partial charge is 0.410 e. The number of fused-ring (bicyclic) bond motifs is 2. The van der Waals surface area contributed by atoms with Crippen LogP contribution in [0.1, 0.15) is 66.7 Å². The van der Waals surface area contributed by atoms with E-state index in [9.17, 15) is 9.59 Å². The van der Waals surface area contributed by atoms with Crippen molar-refractivity contribution < 1.29 is 14.3 Å². The van der Waals surface area contributed by atoms with E-state index < -0.39 is 5.60 Å². The number of Topliss-reactive ketones (excluding diaryl/α,β-unsaturated/α-hetero) is 1. The first-order chi connectivity index (χ1) is 11.2. The van der Waals surface area contributed by atoms with Gasteiger partial charge in [-0.2, -0.15) is 0 Å². The lowest BCUT2D eigenvalue weighted by molar-refractivity contribution is -0.125. The van der Waals surface area contributed by atoms with Gasteiger partial charge in [0, 0.05) is 31.0 Å². The second-order valence-electron chi connectivity index (χ2n) is 8.18. The summed E-state index contributed by atoms with van der Waals surface area (Å²) in [7, 11) is 0. The van der Waals surface area contributed by atoms with Crippen molar-refractivity contribution in [3.05, 3.63) is 0 Å². The average Bonchev–Trinajstić information content (AvgIpc) is 2.77. The molecule has 2 aliphatic rings. The van der Waals surface area contributed by atoms with Crippen molar-refractivity contribution in [2.24, 2.45) is 5.92 Å². The normalized spacial score (nSPS) is 26.8. The molecule has 138 valence electrons. The van der Waals surface area contributed by atoms with E-state index in [1.165, 1.54) is 0 Å². The summed E-state index contributed by atoms with van der Waals surface area (Å²) in [5, 5.41) is 0. The Morgan fingerprint density at radius 2 is 1.62 bits per heavy atom. The highest BCUT2D eigenvalue weighted by molar-refractivity contribution is 5.82. The lowest BCUT2D eigenvalue weighted by atomic mass is 9.86. The number of rotatable bonds is 6. The SMILES string of the molecule is CCN(CC)CCC(=O)C1CC2CCC(C1)N2C(=O)OC(C)(C)C. The van der Waals surface area contributed by atoms with Crippen LogP contribution in [0.3, 0.4) is 0 Å². The fourth-order valence-corrected chi connectivity index (χ4v) is 4.06. The highest BCUT2D eigenvalue weighted by Gasteiger charge is 2.46. The third-order valence-corrected chi connectivity index (χ3v) is 5.36. The quantitative estimate of drug-likeness (QED) is 0.744. The van der Waals surface area contributed by atoms with Gasteiger partial charge in [0.25, 0.3) is 0 Å². The van der Waals surface area contributed by atoms with Crippen LogP contribution in [0.5, 0.6) is 0 Å². The number of ketones is 1. The number of carbonyl (C=O) groups excluding carboxylic acids is 2. The third kappa shape index (κ3) is 4.71. The molecule has 2 rings (SSSR count). The molecule has 2 bridgehead atoms. The minimum Gasteiger partial charge on any atom is -0.444 e. The minimum atomic E-state index is -0.465. The predicted molar refractivity (Wildman–Crippen MR) is 95.0 cm³/mol. The van der Waals surface area contributed by atoms with Crippen LogP contribution < -0.4 is 0 Å². The molecule has 2 heterocycles. The first-order valence-corrected chi connectivity index (χ1v) is 9.51. The van der Waals surface area contributed by atoms with E-state index in [4.69, 9.17) is 4.74 Å². The van der Waals surface area contributed by atoms with Crippen LogP contribution in [0.2, 0.25) is 0 Å². The van der Waals surface area contributed by atoms with Gasteiger partial charge in [0.15, 0.2) is 0 Å². The minimum absolute atomic E-state index is 0.122. The maximum atomic E-state index is 12.6.